The SMILES string of the molecule is COc1cc2[nH]c(CCC(=O)O)c(C)c2cc1OC. The van der Waals surface area contributed by atoms with Gasteiger partial charge in [0.25, 0.3) is 0 Å². The van der Waals surface area contributed by atoms with Crippen molar-refractivity contribution in [2.24, 2.45) is 0 Å². The first kappa shape index (κ1) is 13.3. The van der Waals surface area contributed by atoms with Crippen molar-refractivity contribution >= 4 is 16.9 Å². The minimum atomic E-state index is -0.798. The number of hydrogen-bond donors (Lipinski definition) is 2. The Hall–Kier alpha value is -2.17. The average Bonchev–Trinajstić information content (AvgIpc) is 2.71. The second-order valence-corrected chi connectivity index (χ2v) is 4.38. The first-order chi connectivity index (χ1) is 9.06. The normalized spacial score (nSPS) is 10.7. The zero-order valence-electron chi connectivity index (χ0n) is 11.2. The lowest BCUT2D eigenvalue weighted by atomic mass is 10.1. The van der Waals surface area contributed by atoms with E-state index in [1.807, 2.05) is 19.1 Å². The highest BCUT2D eigenvalue weighted by Crippen LogP contribution is 2.34. The minimum Gasteiger partial charge on any atom is -0.493 e. The number of carboxylic acid groups (broad SMARTS) is 1. The van der Waals surface area contributed by atoms with Gasteiger partial charge in [-0.1, -0.05) is 0 Å². The molecule has 102 valence electrons. The largest absolute Gasteiger partial charge is 0.493 e. The van der Waals surface area contributed by atoms with Crippen molar-refractivity contribution in [2.75, 3.05) is 14.2 Å². The molecule has 0 amide bonds. The Bertz CT molecular complexity index is 615. The monoisotopic (exact) mass is 263 g/mol. The van der Waals surface area contributed by atoms with E-state index >= 15 is 0 Å². The Kier molecular flexibility index (Phi) is 3.64. The molecule has 0 radical (unpaired) electrons. The van der Waals surface area contributed by atoms with Crippen molar-refractivity contribution < 1.29 is 19.4 Å². The second-order valence-electron chi connectivity index (χ2n) is 4.38. The molecule has 2 rings (SSSR count). The van der Waals surface area contributed by atoms with Gasteiger partial charge in [0.1, 0.15) is 0 Å². The van der Waals surface area contributed by atoms with Gasteiger partial charge < -0.3 is 19.6 Å². The van der Waals surface area contributed by atoms with E-state index in [4.69, 9.17) is 14.6 Å². The van der Waals surface area contributed by atoms with Crippen LogP contribution in [0.25, 0.3) is 10.9 Å². The van der Waals surface area contributed by atoms with E-state index in [1.54, 1.807) is 14.2 Å². The maximum absolute atomic E-state index is 10.6. The molecule has 0 spiro atoms. The highest BCUT2D eigenvalue weighted by atomic mass is 16.5. The second kappa shape index (κ2) is 5.22. The van der Waals surface area contributed by atoms with Crippen LogP contribution in [0, 0.1) is 6.92 Å². The van der Waals surface area contributed by atoms with Crippen LogP contribution in [0.15, 0.2) is 12.1 Å². The molecule has 0 unspecified atom stereocenters. The van der Waals surface area contributed by atoms with Crippen LogP contribution in [0.4, 0.5) is 0 Å². The van der Waals surface area contributed by atoms with Crippen LogP contribution >= 0.6 is 0 Å². The lowest BCUT2D eigenvalue weighted by molar-refractivity contribution is -0.136. The van der Waals surface area contributed by atoms with Gasteiger partial charge >= 0.3 is 5.97 Å². The van der Waals surface area contributed by atoms with E-state index in [0.29, 0.717) is 17.9 Å². The minimum absolute atomic E-state index is 0.113. The smallest absolute Gasteiger partial charge is 0.303 e. The maximum atomic E-state index is 10.6. The summed E-state index contributed by atoms with van der Waals surface area (Å²) in [5.74, 6) is 0.524. The van der Waals surface area contributed by atoms with Crippen LogP contribution in [0.2, 0.25) is 0 Å². The van der Waals surface area contributed by atoms with Gasteiger partial charge in [0, 0.05) is 22.7 Å². The molecule has 0 saturated heterocycles. The van der Waals surface area contributed by atoms with Crippen molar-refractivity contribution in [2.45, 2.75) is 19.8 Å². The van der Waals surface area contributed by atoms with Crippen molar-refractivity contribution in [1.82, 2.24) is 4.98 Å². The molecule has 5 heteroatoms. The van der Waals surface area contributed by atoms with Crippen LogP contribution < -0.4 is 9.47 Å². The van der Waals surface area contributed by atoms with E-state index in [9.17, 15) is 4.79 Å². The number of rotatable bonds is 5. The standard InChI is InChI=1S/C14H17NO4/c1-8-9-6-12(18-2)13(19-3)7-11(9)15-10(8)4-5-14(16)17/h6-7,15H,4-5H2,1-3H3,(H,16,17). The molecule has 0 saturated carbocycles. The zero-order chi connectivity index (χ0) is 14.0. The summed E-state index contributed by atoms with van der Waals surface area (Å²) in [4.78, 5) is 13.9. The number of ether oxygens (including phenoxy) is 2. The number of benzene rings is 1. The average molecular weight is 263 g/mol. The summed E-state index contributed by atoms with van der Waals surface area (Å²) in [5.41, 5.74) is 2.92. The van der Waals surface area contributed by atoms with Crippen molar-refractivity contribution in [3.05, 3.63) is 23.4 Å². The fourth-order valence-electron chi connectivity index (χ4n) is 2.19. The summed E-state index contributed by atoms with van der Waals surface area (Å²) in [6.07, 6.45) is 0.600. The van der Waals surface area contributed by atoms with Gasteiger partial charge in [-0.2, -0.15) is 0 Å². The number of methoxy groups -OCH3 is 2. The summed E-state index contributed by atoms with van der Waals surface area (Å²) in [6, 6.07) is 3.77. The highest BCUT2D eigenvalue weighted by molar-refractivity contribution is 5.88. The quantitative estimate of drug-likeness (QED) is 0.869. The van der Waals surface area contributed by atoms with Gasteiger partial charge in [-0.3, -0.25) is 4.79 Å². The summed E-state index contributed by atoms with van der Waals surface area (Å²) >= 11 is 0. The van der Waals surface area contributed by atoms with Gasteiger partial charge in [-0.05, 0) is 25.0 Å². The first-order valence-corrected chi connectivity index (χ1v) is 6.01. The van der Waals surface area contributed by atoms with Crippen LogP contribution in [0.1, 0.15) is 17.7 Å². The number of aromatic nitrogens is 1. The number of nitrogens with one attached hydrogen (secondary N) is 1. The number of carboxylic acids is 1. The molecule has 0 fully saturated rings. The number of fused-ring (bicyclic) bond motifs is 1. The molecule has 0 aliphatic rings. The molecule has 0 atom stereocenters. The summed E-state index contributed by atoms with van der Waals surface area (Å²) in [6.45, 7) is 1.97. The third-order valence-corrected chi connectivity index (χ3v) is 3.25. The molecular weight excluding hydrogens is 246 g/mol. The van der Waals surface area contributed by atoms with E-state index in [-0.39, 0.29) is 6.42 Å². The topological polar surface area (TPSA) is 71.6 Å². The summed E-state index contributed by atoms with van der Waals surface area (Å²) < 4.78 is 10.5. The predicted octanol–water partition coefficient (Wildman–Crippen LogP) is 2.51. The number of aliphatic carboxylic acids is 1. The van der Waals surface area contributed by atoms with Crippen molar-refractivity contribution in [1.29, 1.82) is 0 Å². The third kappa shape index (κ3) is 2.50. The van der Waals surface area contributed by atoms with E-state index < -0.39 is 5.97 Å². The van der Waals surface area contributed by atoms with E-state index in [1.165, 1.54) is 0 Å². The molecule has 0 aliphatic carbocycles. The molecular formula is C14H17NO4. The molecule has 0 bridgehead atoms. The molecule has 2 N–H and O–H groups in total. The lowest BCUT2D eigenvalue weighted by Crippen LogP contribution is -1.98. The van der Waals surface area contributed by atoms with Gasteiger partial charge in [-0.25, -0.2) is 0 Å². The Morgan fingerprint density at radius 2 is 1.89 bits per heavy atom. The molecule has 1 heterocycles. The molecule has 2 aromatic rings. The van der Waals surface area contributed by atoms with E-state index in [2.05, 4.69) is 4.98 Å². The van der Waals surface area contributed by atoms with Crippen LogP contribution in [-0.4, -0.2) is 30.3 Å². The van der Waals surface area contributed by atoms with Gasteiger partial charge in [-0.15, -0.1) is 0 Å². The molecule has 1 aromatic carbocycles. The van der Waals surface area contributed by atoms with Gasteiger partial charge in [0.15, 0.2) is 11.5 Å². The fraction of sp³-hybridized carbons (Fsp3) is 0.357. The Morgan fingerprint density at radius 3 is 2.47 bits per heavy atom. The third-order valence-electron chi connectivity index (χ3n) is 3.25. The molecule has 1 aromatic heterocycles. The van der Waals surface area contributed by atoms with Gasteiger partial charge in [0.05, 0.1) is 20.6 Å². The number of aromatic amines is 1. The highest BCUT2D eigenvalue weighted by Gasteiger charge is 2.13. The van der Waals surface area contributed by atoms with Gasteiger partial charge in [0.2, 0.25) is 0 Å². The Labute approximate surface area is 111 Å². The number of aryl methyl sites for hydroxylation is 2. The van der Waals surface area contributed by atoms with Crippen LogP contribution in [0.5, 0.6) is 11.5 Å². The number of hydrogen-bond acceptors (Lipinski definition) is 3. The first-order valence-electron chi connectivity index (χ1n) is 6.01. The summed E-state index contributed by atoms with van der Waals surface area (Å²) in [7, 11) is 3.18. The molecule has 19 heavy (non-hydrogen) atoms. The molecule has 5 nitrogen and oxygen atoms in total. The summed E-state index contributed by atoms with van der Waals surface area (Å²) in [5, 5.41) is 9.78. The number of carbonyl (C=O) groups is 1. The Morgan fingerprint density at radius 1 is 1.26 bits per heavy atom. The Balaban J connectivity index is 2.47. The lowest BCUT2D eigenvalue weighted by Gasteiger charge is -2.07. The van der Waals surface area contributed by atoms with E-state index in [0.717, 1.165) is 22.2 Å². The van der Waals surface area contributed by atoms with Crippen LogP contribution in [-0.2, 0) is 11.2 Å². The fourth-order valence-corrected chi connectivity index (χ4v) is 2.19. The van der Waals surface area contributed by atoms with Crippen molar-refractivity contribution in [3.63, 3.8) is 0 Å². The van der Waals surface area contributed by atoms with Crippen molar-refractivity contribution in [3.8, 4) is 11.5 Å². The molecule has 0 aliphatic heterocycles. The van der Waals surface area contributed by atoms with Crippen LogP contribution in [0.3, 0.4) is 0 Å². The number of H-pyrrole nitrogens is 1. The predicted molar refractivity (Wildman–Crippen MR) is 72.1 cm³/mol. The maximum Gasteiger partial charge on any atom is 0.303 e. The zero-order valence-corrected chi connectivity index (χ0v) is 11.2.